The second-order valence-corrected chi connectivity index (χ2v) is 8.45. The zero-order chi connectivity index (χ0) is 23.9. The molecular formula is C27H31N3O4. The lowest BCUT2D eigenvalue weighted by Crippen LogP contribution is -2.39. The molecule has 2 aromatic carbocycles. The van der Waals surface area contributed by atoms with E-state index in [0.717, 1.165) is 41.9 Å². The molecule has 0 spiro atoms. The van der Waals surface area contributed by atoms with Crippen molar-refractivity contribution >= 4 is 17.9 Å². The fraction of sp³-hybridized carbons (Fsp3) is 0.333. The van der Waals surface area contributed by atoms with E-state index in [4.69, 9.17) is 14.0 Å². The Morgan fingerprint density at radius 1 is 1.12 bits per heavy atom. The zero-order valence-electron chi connectivity index (χ0n) is 20.0. The number of carbonyl (C=O) groups excluding carboxylic acids is 1. The number of carbonyl (C=O) groups is 1. The Hall–Kier alpha value is -3.74. The van der Waals surface area contributed by atoms with Crippen molar-refractivity contribution in [3.8, 4) is 11.5 Å². The summed E-state index contributed by atoms with van der Waals surface area (Å²) in [7, 11) is 1.68. The van der Waals surface area contributed by atoms with Gasteiger partial charge in [0, 0.05) is 25.1 Å². The molecule has 1 aromatic heterocycles. The number of hydrogen-bond donors (Lipinski definition) is 1. The lowest BCUT2D eigenvalue weighted by atomic mass is 10.0. The van der Waals surface area contributed by atoms with Crippen molar-refractivity contribution in [3.05, 3.63) is 76.6 Å². The molecule has 1 aliphatic heterocycles. The number of aromatic nitrogens is 1. The van der Waals surface area contributed by atoms with E-state index in [-0.39, 0.29) is 6.03 Å². The maximum atomic E-state index is 12.6. The average molecular weight is 462 g/mol. The predicted octanol–water partition coefficient (Wildman–Crippen LogP) is 5.63. The molecule has 178 valence electrons. The van der Waals surface area contributed by atoms with Crippen LogP contribution in [0.1, 0.15) is 35.3 Å². The largest absolute Gasteiger partial charge is 0.497 e. The third-order valence-corrected chi connectivity index (χ3v) is 6.10. The quantitative estimate of drug-likeness (QED) is 0.493. The highest BCUT2D eigenvalue weighted by atomic mass is 16.5. The Labute approximate surface area is 200 Å². The summed E-state index contributed by atoms with van der Waals surface area (Å²) in [5.41, 5.74) is 4.48. The summed E-state index contributed by atoms with van der Waals surface area (Å²) in [6, 6.07) is 16.0. The molecule has 0 unspecified atom stereocenters. The summed E-state index contributed by atoms with van der Waals surface area (Å²) in [5.74, 6) is 2.92. The minimum Gasteiger partial charge on any atom is -0.497 e. The molecule has 0 atom stereocenters. The van der Waals surface area contributed by atoms with Gasteiger partial charge in [-0.2, -0.15) is 0 Å². The van der Waals surface area contributed by atoms with E-state index >= 15 is 0 Å². The van der Waals surface area contributed by atoms with Gasteiger partial charge in [0.1, 0.15) is 17.3 Å². The summed E-state index contributed by atoms with van der Waals surface area (Å²) in [6.07, 6.45) is 4.69. The van der Waals surface area contributed by atoms with Gasteiger partial charge in [-0.25, -0.2) is 4.79 Å². The fourth-order valence-corrected chi connectivity index (χ4v) is 3.90. The van der Waals surface area contributed by atoms with E-state index in [0.29, 0.717) is 31.3 Å². The van der Waals surface area contributed by atoms with Crippen LogP contribution in [0.5, 0.6) is 11.5 Å². The SMILES string of the molecule is COc1cccc(CCOc2cccc(C=C3CCN(C(=O)Nc4noc(C)c4C)CC3)c2)c1. The number of methoxy groups -OCH3 is 1. The van der Waals surface area contributed by atoms with Gasteiger partial charge in [-0.15, -0.1) is 0 Å². The number of anilines is 1. The number of piperidine rings is 1. The number of hydrogen-bond acceptors (Lipinski definition) is 5. The minimum absolute atomic E-state index is 0.137. The van der Waals surface area contributed by atoms with E-state index in [1.54, 1.807) is 7.11 Å². The molecule has 0 aliphatic carbocycles. The van der Waals surface area contributed by atoms with Gasteiger partial charge in [-0.1, -0.05) is 41.1 Å². The van der Waals surface area contributed by atoms with Gasteiger partial charge in [0.15, 0.2) is 5.82 Å². The maximum absolute atomic E-state index is 12.6. The number of amides is 2. The molecule has 0 bridgehead atoms. The average Bonchev–Trinajstić information content (AvgIpc) is 3.17. The van der Waals surface area contributed by atoms with Gasteiger partial charge in [0.25, 0.3) is 0 Å². The van der Waals surface area contributed by atoms with Crippen molar-refractivity contribution in [2.24, 2.45) is 0 Å². The van der Waals surface area contributed by atoms with Gasteiger partial charge in [0.05, 0.1) is 13.7 Å². The van der Waals surface area contributed by atoms with Crippen LogP contribution in [0.15, 0.2) is 58.6 Å². The van der Waals surface area contributed by atoms with Gasteiger partial charge < -0.3 is 18.9 Å². The first-order chi connectivity index (χ1) is 16.5. The number of likely N-dealkylation sites (tertiary alicyclic amines) is 1. The first-order valence-electron chi connectivity index (χ1n) is 11.6. The standard InChI is InChI=1S/C27H31N3O4/c1-19-20(2)34-29-26(19)28-27(31)30-13-10-22(11-14-30)16-23-7-5-9-25(18-23)33-15-12-21-6-4-8-24(17-21)32-3/h4-9,16-18H,10-15H2,1-3H3,(H,28,29,31). The minimum atomic E-state index is -0.137. The Kier molecular flexibility index (Phi) is 7.52. The third-order valence-electron chi connectivity index (χ3n) is 6.10. The monoisotopic (exact) mass is 461 g/mol. The molecule has 1 fully saturated rings. The Morgan fingerprint density at radius 3 is 2.62 bits per heavy atom. The summed E-state index contributed by atoms with van der Waals surface area (Å²) < 4.78 is 16.4. The van der Waals surface area contributed by atoms with Crippen LogP contribution in [-0.2, 0) is 6.42 Å². The van der Waals surface area contributed by atoms with Crippen LogP contribution in [0.4, 0.5) is 10.6 Å². The maximum Gasteiger partial charge on any atom is 0.323 e. The molecule has 34 heavy (non-hydrogen) atoms. The van der Waals surface area contributed by atoms with Gasteiger partial charge in [-0.05, 0) is 62.1 Å². The molecular weight excluding hydrogens is 430 g/mol. The van der Waals surface area contributed by atoms with Crippen LogP contribution in [0.2, 0.25) is 0 Å². The second kappa shape index (κ2) is 10.9. The predicted molar refractivity (Wildman–Crippen MR) is 132 cm³/mol. The molecule has 0 saturated carbocycles. The highest BCUT2D eigenvalue weighted by Crippen LogP contribution is 2.23. The van der Waals surface area contributed by atoms with Crippen LogP contribution in [0, 0.1) is 13.8 Å². The molecule has 1 N–H and O–H groups in total. The number of benzene rings is 2. The Morgan fingerprint density at radius 2 is 1.88 bits per heavy atom. The van der Waals surface area contributed by atoms with Crippen molar-refractivity contribution in [1.29, 1.82) is 0 Å². The van der Waals surface area contributed by atoms with Crippen LogP contribution >= 0.6 is 0 Å². The number of ether oxygens (including phenoxy) is 2. The van der Waals surface area contributed by atoms with Crippen LogP contribution < -0.4 is 14.8 Å². The van der Waals surface area contributed by atoms with Crippen molar-refractivity contribution in [3.63, 3.8) is 0 Å². The van der Waals surface area contributed by atoms with Crippen molar-refractivity contribution in [2.75, 3.05) is 32.1 Å². The Balaban J connectivity index is 1.28. The van der Waals surface area contributed by atoms with Gasteiger partial charge >= 0.3 is 6.03 Å². The lowest BCUT2D eigenvalue weighted by Gasteiger charge is -2.28. The number of aryl methyl sites for hydroxylation is 1. The zero-order valence-corrected chi connectivity index (χ0v) is 20.0. The lowest BCUT2D eigenvalue weighted by molar-refractivity contribution is 0.207. The molecule has 7 heteroatoms. The molecule has 3 aromatic rings. The molecule has 4 rings (SSSR count). The first-order valence-corrected chi connectivity index (χ1v) is 11.6. The summed E-state index contributed by atoms with van der Waals surface area (Å²) in [5, 5.41) is 6.76. The van der Waals surface area contributed by atoms with Crippen molar-refractivity contribution in [1.82, 2.24) is 10.1 Å². The fourth-order valence-electron chi connectivity index (χ4n) is 3.90. The number of rotatable bonds is 7. The molecule has 2 amide bonds. The van der Waals surface area contributed by atoms with E-state index in [1.165, 1.54) is 11.1 Å². The van der Waals surface area contributed by atoms with E-state index in [9.17, 15) is 4.79 Å². The first kappa shape index (κ1) is 23.4. The third kappa shape index (κ3) is 5.98. The smallest absolute Gasteiger partial charge is 0.323 e. The van der Waals surface area contributed by atoms with E-state index in [1.807, 2.05) is 49.1 Å². The van der Waals surface area contributed by atoms with E-state index in [2.05, 4.69) is 34.7 Å². The normalized spacial score (nSPS) is 13.5. The molecule has 7 nitrogen and oxygen atoms in total. The molecule has 1 aliphatic rings. The summed E-state index contributed by atoms with van der Waals surface area (Å²) >= 11 is 0. The molecule has 0 radical (unpaired) electrons. The molecule has 2 heterocycles. The Bertz CT molecular complexity index is 1160. The van der Waals surface area contributed by atoms with Gasteiger partial charge in [-0.3, -0.25) is 5.32 Å². The highest BCUT2D eigenvalue weighted by molar-refractivity contribution is 5.89. The number of urea groups is 1. The topological polar surface area (TPSA) is 76.8 Å². The van der Waals surface area contributed by atoms with Crippen LogP contribution in [0.3, 0.4) is 0 Å². The van der Waals surface area contributed by atoms with Crippen molar-refractivity contribution in [2.45, 2.75) is 33.1 Å². The number of nitrogens with one attached hydrogen (secondary N) is 1. The second-order valence-electron chi connectivity index (χ2n) is 8.45. The van der Waals surface area contributed by atoms with Crippen LogP contribution in [0.25, 0.3) is 6.08 Å². The van der Waals surface area contributed by atoms with Crippen molar-refractivity contribution < 1.29 is 18.8 Å². The number of nitrogens with zero attached hydrogens (tertiary/aromatic N) is 2. The summed E-state index contributed by atoms with van der Waals surface area (Å²) in [6.45, 7) is 5.65. The highest BCUT2D eigenvalue weighted by Gasteiger charge is 2.21. The van der Waals surface area contributed by atoms with Crippen LogP contribution in [-0.4, -0.2) is 42.9 Å². The van der Waals surface area contributed by atoms with Gasteiger partial charge in [0.2, 0.25) is 0 Å². The molecule has 1 saturated heterocycles. The summed E-state index contributed by atoms with van der Waals surface area (Å²) in [4.78, 5) is 14.4. The van der Waals surface area contributed by atoms with E-state index < -0.39 is 0 Å².